The highest BCUT2D eigenvalue weighted by Crippen LogP contribution is 2.83. The van der Waals surface area contributed by atoms with Crippen molar-refractivity contribution in [3.8, 4) is 0 Å². The SMILES string of the molecule is ClP12=NP3(Cl)=NP(=N1)(OCCOCCOCCOCCO2)OCCO3. The first kappa shape index (κ1) is 20.7. The first-order valence-electron chi connectivity index (χ1n) is 7.66. The first-order valence-corrected chi connectivity index (χ1v) is 14.2. The van der Waals surface area contributed by atoms with Crippen LogP contribution in [-0.2, 0) is 32.3 Å². The van der Waals surface area contributed by atoms with Crippen LogP contribution in [0.25, 0.3) is 0 Å². The number of halogens is 2. The van der Waals surface area contributed by atoms with Crippen LogP contribution in [0.2, 0.25) is 0 Å². The number of nitrogens with zero attached hydrogens (tertiary/aromatic N) is 3. The minimum Gasteiger partial charge on any atom is -0.377 e. The lowest BCUT2D eigenvalue weighted by Crippen LogP contribution is -2.13. The van der Waals surface area contributed by atoms with Crippen molar-refractivity contribution in [3.05, 3.63) is 0 Å². The maximum Gasteiger partial charge on any atom is 0.347 e. The molecule has 25 heavy (non-hydrogen) atoms. The minimum atomic E-state index is -3.12. The Morgan fingerprint density at radius 3 is 1.48 bits per heavy atom. The van der Waals surface area contributed by atoms with Crippen LogP contribution in [-0.4, -0.2) is 66.1 Å². The molecule has 0 amide bonds. The highest BCUT2D eigenvalue weighted by atomic mass is 35.7. The molecule has 146 valence electrons. The Balaban J connectivity index is 1.83. The highest BCUT2D eigenvalue weighted by molar-refractivity contribution is 8.00. The number of fused-ring (bicyclic) bond motifs is 1. The van der Waals surface area contributed by atoms with Crippen LogP contribution in [0.15, 0.2) is 13.5 Å². The largest absolute Gasteiger partial charge is 0.377 e. The van der Waals surface area contributed by atoms with Gasteiger partial charge in [-0.05, 0) is 22.5 Å². The Labute approximate surface area is 155 Å². The molecule has 3 heterocycles. The third kappa shape index (κ3) is 6.24. The van der Waals surface area contributed by atoms with E-state index in [1.807, 2.05) is 0 Å². The highest BCUT2D eigenvalue weighted by Gasteiger charge is 2.41. The van der Waals surface area contributed by atoms with Crippen molar-refractivity contribution < 1.29 is 32.3 Å². The molecule has 0 saturated carbocycles. The van der Waals surface area contributed by atoms with Crippen LogP contribution in [0.3, 0.4) is 0 Å². The molecule has 3 aliphatic rings. The topological polar surface area (TPSA) is 102 Å². The van der Waals surface area contributed by atoms with Gasteiger partial charge in [-0.3, -0.25) is 0 Å². The van der Waals surface area contributed by atoms with Gasteiger partial charge in [0.25, 0.3) is 0 Å². The molecular formula is C10H20Cl2N3O7P3. The van der Waals surface area contributed by atoms with Gasteiger partial charge in [0.05, 0.1) is 66.1 Å². The van der Waals surface area contributed by atoms with Crippen molar-refractivity contribution in [2.24, 2.45) is 13.5 Å². The van der Waals surface area contributed by atoms with Gasteiger partial charge in [-0.2, -0.15) is 13.5 Å². The molecule has 3 rings (SSSR count). The molecule has 0 saturated heterocycles. The van der Waals surface area contributed by atoms with E-state index in [-0.39, 0.29) is 26.4 Å². The quantitative estimate of drug-likeness (QED) is 0.494. The zero-order valence-electron chi connectivity index (χ0n) is 13.4. The van der Waals surface area contributed by atoms with Gasteiger partial charge in [-0.1, -0.05) is 0 Å². The van der Waals surface area contributed by atoms with Crippen molar-refractivity contribution in [2.75, 3.05) is 66.1 Å². The molecule has 0 aromatic carbocycles. The predicted octanol–water partition coefficient (Wildman–Crippen LogP) is 4.46. The summed E-state index contributed by atoms with van der Waals surface area (Å²) in [5.74, 6) is 0. The Kier molecular flexibility index (Phi) is 7.84. The van der Waals surface area contributed by atoms with Gasteiger partial charge in [0.15, 0.2) is 0 Å². The summed E-state index contributed by atoms with van der Waals surface area (Å²) in [7, 11) is -3.07. The van der Waals surface area contributed by atoms with Crippen LogP contribution in [0, 0.1) is 0 Å². The van der Waals surface area contributed by atoms with E-state index in [4.69, 9.17) is 54.8 Å². The van der Waals surface area contributed by atoms with Gasteiger partial charge in [-0.15, -0.1) is 0 Å². The normalized spacial score (nSPS) is 41.5. The number of hydrogen-bond acceptors (Lipinski definition) is 10. The average molecular weight is 458 g/mol. The molecule has 1 spiro atoms. The van der Waals surface area contributed by atoms with Crippen molar-refractivity contribution >= 4 is 43.7 Å². The van der Waals surface area contributed by atoms with E-state index in [1.54, 1.807) is 0 Å². The summed E-state index contributed by atoms with van der Waals surface area (Å²) < 4.78 is 52.0. The molecule has 0 fully saturated rings. The molecule has 0 radical (unpaired) electrons. The van der Waals surface area contributed by atoms with Gasteiger partial charge >= 0.3 is 21.2 Å². The minimum absolute atomic E-state index is 0.199. The first-order chi connectivity index (χ1) is 12.0. The molecule has 3 bridgehead atoms. The predicted molar refractivity (Wildman–Crippen MR) is 96.0 cm³/mol. The lowest BCUT2D eigenvalue weighted by atomic mass is 10.7. The van der Waals surface area contributed by atoms with Gasteiger partial charge in [0.1, 0.15) is 0 Å². The summed E-state index contributed by atoms with van der Waals surface area (Å²) in [4.78, 5) is 0. The van der Waals surface area contributed by atoms with E-state index in [0.29, 0.717) is 39.6 Å². The second kappa shape index (κ2) is 9.46. The Morgan fingerprint density at radius 1 is 0.480 bits per heavy atom. The molecule has 0 aliphatic carbocycles. The Bertz CT molecular complexity index is 635. The second-order valence-electron chi connectivity index (χ2n) is 4.87. The summed E-state index contributed by atoms with van der Waals surface area (Å²) >= 11 is 13.0. The van der Waals surface area contributed by atoms with E-state index >= 15 is 0 Å². The molecule has 10 nitrogen and oxygen atoms in total. The van der Waals surface area contributed by atoms with E-state index < -0.39 is 21.2 Å². The van der Waals surface area contributed by atoms with Crippen molar-refractivity contribution in [1.82, 2.24) is 0 Å². The number of ether oxygens (including phenoxy) is 3. The molecule has 3 aliphatic heterocycles. The molecule has 15 heteroatoms. The zero-order chi connectivity index (χ0) is 17.6. The van der Waals surface area contributed by atoms with E-state index in [0.717, 1.165) is 0 Å². The van der Waals surface area contributed by atoms with E-state index in [2.05, 4.69) is 13.5 Å². The summed E-state index contributed by atoms with van der Waals surface area (Å²) in [6.07, 6.45) is 0. The van der Waals surface area contributed by atoms with Gasteiger partial charge in [0.2, 0.25) is 0 Å². The van der Waals surface area contributed by atoms with Crippen molar-refractivity contribution in [1.29, 1.82) is 0 Å². The summed E-state index contributed by atoms with van der Waals surface area (Å²) in [6.45, 7) is -2.77. The van der Waals surface area contributed by atoms with Gasteiger partial charge in [-0.25, -0.2) is 0 Å². The molecule has 3 unspecified atom stereocenters. The Hall–Kier alpha value is 0.990. The van der Waals surface area contributed by atoms with Crippen LogP contribution >= 0.6 is 43.7 Å². The van der Waals surface area contributed by atoms with Gasteiger partial charge in [0, 0.05) is 0 Å². The standard InChI is InChI=1S/C10H20Cl2N3O7P3/c11-23-13-24(12)15-25(14-23,22-10-9-20-24)21-8-6-18-4-2-16-1-3-17-5-7-19-23/h1-10H2. The maximum absolute atomic E-state index is 6.51. The fourth-order valence-corrected chi connectivity index (χ4v) is 13.6. The van der Waals surface area contributed by atoms with E-state index in [9.17, 15) is 0 Å². The lowest BCUT2D eigenvalue weighted by Gasteiger charge is -2.26. The fraction of sp³-hybridized carbons (Fsp3) is 1.00. The molecule has 0 aromatic rings. The second-order valence-corrected chi connectivity index (χ2v) is 13.6. The van der Waals surface area contributed by atoms with Crippen molar-refractivity contribution in [3.63, 3.8) is 0 Å². The number of hydrogen-bond donors (Lipinski definition) is 0. The molecule has 0 aromatic heterocycles. The third-order valence-electron chi connectivity index (χ3n) is 2.98. The number of rotatable bonds is 0. The third-order valence-corrected chi connectivity index (χ3v) is 13.4. The summed E-state index contributed by atoms with van der Waals surface area (Å²) in [5, 5.41) is 0. The summed E-state index contributed by atoms with van der Waals surface area (Å²) in [6, 6.07) is 0. The monoisotopic (exact) mass is 457 g/mol. The molecule has 3 atom stereocenters. The molecule has 0 N–H and O–H groups in total. The zero-order valence-corrected chi connectivity index (χ0v) is 17.6. The van der Waals surface area contributed by atoms with Crippen LogP contribution in [0.4, 0.5) is 0 Å². The van der Waals surface area contributed by atoms with Crippen LogP contribution < -0.4 is 0 Å². The molecular weight excluding hydrogens is 438 g/mol. The van der Waals surface area contributed by atoms with Crippen LogP contribution in [0.1, 0.15) is 0 Å². The van der Waals surface area contributed by atoms with Gasteiger partial charge < -0.3 is 32.3 Å². The average Bonchev–Trinajstić information content (AvgIpc) is 2.66. The smallest absolute Gasteiger partial charge is 0.347 e. The fourth-order valence-electron chi connectivity index (χ4n) is 1.99. The maximum atomic E-state index is 6.51. The van der Waals surface area contributed by atoms with Crippen LogP contribution in [0.5, 0.6) is 0 Å². The Morgan fingerprint density at radius 2 is 0.880 bits per heavy atom. The van der Waals surface area contributed by atoms with E-state index in [1.165, 1.54) is 0 Å². The van der Waals surface area contributed by atoms with Crippen molar-refractivity contribution in [2.45, 2.75) is 0 Å². The summed E-state index contributed by atoms with van der Waals surface area (Å²) in [5.41, 5.74) is 0. The lowest BCUT2D eigenvalue weighted by molar-refractivity contribution is 0.00481.